The summed E-state index contributed by atoms with van der Waals surface area (Å²) in [5.74, 6) is 1.22. The number of para-hydroxylation sites is 1. The first-order valence-electron chi connectivity index (χ1n) is 9.80. The van der Waals surface area contributed by atoms with Gasteiger partial charge in [0, 0.05) is 16.3 Å². The Hall–Kier alpha value is -1.79. The molecule has 2 aromatic carbocycles. The zero-order chi connectivity index (χ0) is 19.9. The fourth-order valence-electron chi connectivity index (χ4n) is 2.94. The highest BCUT2D eigenvalue weighted by Crippen LogP contribution is 2.39. The van der Waals surface area contributed by atoms with Crippen molar-refractivity contribution in [3.63, 3.8) is 0 Å². The van der Waals surface area contributed by atoms with Crippen molar-refractivity contribution in [1.29, 1.82) is 0 Å². The van der Waals surface area contributed by atoms with Crippen LogP contribution in [0, 0.1) is 5.92 Å². The number of aliphatic hydroxyl groups excluding tert-OH is 1. The number of nitrogens with zero attached hydrogens (tertiary/aromatic N) is 1. The molecule has 3 unspecified atom stereocenters. The summed E-state index contributed by atoms with van der Waals surface area (Å²) in [6.07, 6.45) is 2.97. The van der Waals surface area contributed by atoms with E-state index in [1.165, 1.54) is 4.90 Å². The van der Waals surface area contributed by atoms with Gasteiger partial charge in [-0.3, -0.25) is 4.31 Å². The fourth-order valence-corrected chi connectivity index (χ4v) is 4.77. The SMILES string of the molecule is CC(C)C(N)CCC(O)COC1=CN(c2ccccc2)S(c2ccccc2)=C1.Cl. The third kappa shape index (κ3) is 6.61. The number of benzene rings is 2. The molecule has 3 rings (SSSR count). The first kappa shape index (κ1) is 23.5. The summed E-state index contributed by atoms with van der Waals surface area (Å²) in [6, 6.07) is 20.8. The minimum atomic E-state index is -0.511. The van der Waals surface area contributed by atoms with Gasteiger partial charge < -0.3 is 15.6 Å². The molecule has 0 amide bonds. The van der Waals surface area contributed by atoms with Crippen molar-refractivity contribution in [3.8, 4) is 0 Å². The molecule has 0 fully saturated rings. The van der Waals surface area contributed by atoms with E-state index in [-0.39, 0.29) is 35.7 Å². The molecule has 1 aliphatic heterocycles. The second kappa shape index (κ2) is 11.4. The van der Waals surface area contributed by atoms with E-state index in [9.17, 15) is 5.11 Å². The van der Waals surface area contributed by atoms with Crippen LogP contribution in [0.3, 0.4) is 0 Å². The van der Waals surface area contributed by atoms with Gasteiger partial charge in [-0.15, -0.1) is 12.4 Å². The van der Waals surface area contributed by atoms with Gasteiger partial charge in [-0.2, -0.15) is 0 Å². The van der Waals surface area contributed by atoms with Crippen molar-refractivity contribution >= 4 is 34.1 Å². The van der Waals surface area contributed by atoms with Crippen LogP contribution in [0.25, 0.3) is 0 Å². The lowest BCUT2D eigenvalue weighted by atomic mass is 9.99. The molecule has 158 valence electrons. The number of rotatable bonds is 9. The molecule has 0 aromatic heterocycles. The van der Waals surface area contributed by atoms with E-state index in [1.807, 2.05) is 30.5 Å². The molecule has 2 aromatic rings. The Morgan fingerprint density at radius 3 is 2.24 bits per heavy atom. The number of anilines is 1. The molecule has 0 saturated carbocycles. The highest BCUT2D eigenvalue weighted by Gasteiger charge is 2.20. The maximum atomic E-state index is 10.3. The van der Waals surface area contributed by atoms with E-state index in [2.05, 4.69) is 59.9 Å². The fraction of sp³-hybridized carbons (Fsp3) is 0.348. The number of halogens is 1. The third-order valence-corrected chi connectivity index (χ3v) is 6.76. The standard InChI is InChI=1S/C23H30N2O2S.ClH/c1-18(2)23(24)14-13-20(26)16-27-21-15-25(19-9-5-3-6-10-19)28(17-21)22-11-7-4-8-12-22;/h3-12,15,17-18,20,23,26H,13-14,16,24H2,1-2H3;1H. The van der Waals surface area contributed by atoms with Gasteiger partial charge in [-0.05, 0) is 43.0 Å². The van der Waals surface area contributed by atoms with Crippen LogP contribution in [-0.2, 0) is 4.74 Å². The summed E-state index contributed by atoms with van der Waals surface area (Å²) in [4.78, 5) is 1.23. The maximum Gasteiger partial charge on any atom is 0.144 e. The summed E-state index contributed by atoms with van der Waals surface area (Å²) in [6.45, 7) is 4.49. The van der Waals surface area contributed by atoms with Crippen LogP contribution in [0.4, 0.5) is 5.69 Å². The van der Waals surface area contributed by atoms with E-state index >= 15 is 0 Å². The molecule has 1 heterocycles. The molecular formula is C23H31ClN2O2S. The van der Waals surface area contributed by atoms with Crippen molar-refractivity contribution in [2.45, 2.75) is 43.7 Å². The molecule has 0 spiro atoms. The molecule has 3 atom stereocenters. The van der Waals surface area contributed by atoms with E-state index in [0.29, 0.717) is 12.3 Å². The van der Waals surface area contributed by atoms with Gasteiger partial charge in [-0.25, -0.2) is 0 Å². The largest absolute Gasteiger partial charge is 0.489 e. The molecule has 0 radical (unpaired) electrons. The van der Waals surface area contributed by atoms with Crippen LogP contribution in [0.2, 0.25) is 0 Å². The lowest BCUT2D eigenvalue weighted by Gasteiger charge is -2.21. The van der Waals surface area contributed by atoms with Crippen molar-refractivity contribution in [3.05, 3.63) is 72.6 Å². The smallest absolute Gasteiger partial charge is 0.144 e. The summed E-state index contributed by atoms with van der Waals surface area (Å²) >= 11 is 0. The Labute approximate surface area is 182 Å². The number of allylic oxidation sites excluding steroid dienone is 1. The van der Waals surface area contributed by atoms with E-state index in [4.69, 9.17) is 10.5 Å². The summed E-state index contributed by atoms with van der Waals surface area (Å²) in [5, 5.41) is 12.4. The Morgan fingerprint density at radius 2 is 1.62 bits per heavy atom. The first-order chi connectivity index (χ1) is 13.5. The maximum absolute atomic E-state index is 10.3. The monoisotopic (exact) mass is 434 g/mol. The first-order valence-corrected chi connectivity index (χ1v) is 11.0. The lowest BCUT2D eigenvalue weighted by molar-refractivity contribution is 0.0688. The average Bonchev–Trinajstić information content (AvgIpc) is 3.16. The molecule has 0 bridgehead atoms. The van der Waals surface area contributed by atoms with Crippen LogP contribution >= 0.6 is 23.1 Å². The normalized spacial score (nSPS) is 17.9. The molecule has 3 N–H and O–H groups in total. The minimum Gasteiger partial charge on any atom is -0.489 e. The predicted molar refractivity (Wildman–Crippen MR) is 127 cm³/mol. The summed E-state index contributed by atoms with van der Waals surface area (Å²) in [7, 11) is -0.252. The molecule has 0 aliphatic carbocycles. The Balaban J connectivity index is 0.00000300. The Bertz CT molecular complexity index is 812. The van der Waals surface area contributed by atoms with Crippen molar-refractivity contribution in [2.75, 3.05) is 10.9 Å². The lowest BCUT2D eigenvalue weighted by Crippen LogP contribution is -2.28. The minimum absolute atomic E-state index is 0. The van der Waals surface area contributed by atoms with Gasteiger partial charge in [0.25, 0.3) is 0 Å². The van der Waals surface area contributed by atoms with Crippen molar-refractivity contribution in [1.82, 2.24) is 0 Å². The van der Waals surface area contributed by atoms with Gasteiger partial charge in [-0.1, -0.05) is 60.9 Å². The number of hydrogen-bond acceptors (Lipinski definition) is 4. The zero-order valence-corrected chi connectivity index (χ0v) is 18.6. The number of ether oxygens (including phenoxy) is 1. The van der Waals surface area contributed by atoms with Crippen LogP contribution < -0.4 is 10.0 Å². The molecule has 4 nitrogen and oxygen atoms in total. The summed E-state index contributed by atoms with van der Waals surface area (Å²) in [5.41, 5.74) is 7.19. The highest BCUT2D eigenvalue weighted by molar-refractivity contribution is 8.16. The Morgan fingerprint density at radius 1 is 1.00 bits per heavy atom. The summed E-state index contributed by atoms with van der Waals surface area (Å²) < 4.78 is 8.17. The zero-order valence-electron chi connectivity index (χ0n) is 17.0. The van der Waals surface area contributed by atoms with Crippen molar-refractivity contribution in [2.24, 2.45) is 11.7 Å². The highest BCUT2D eigenvalue weighted by atomic mass is 35.5. The van der Waals surface area contributed by atoms with Crippen LogP contribution in [0.1, 0.15) is 26.7 Å². The van der Waals surface area contributed by atoms with E-state index in [0.717, 1.165) is 17.9 Å². The van der Waals surface area contributed by atoms with Gasteiger partial charge in [0.05, 0.1) is 18.0 Å². The topological polar surface area (TPSA) is 58.7 Å². The molecule has 6 heteroatoms. The molecule has 29 heavy (non-hydrogen) atoms. The van der Waals surface area contributed by atoms with Crippen LogP contribution in [-0.4, -0.2) is 29.2 Å². The second-order valence-electron chi connectivity index (χ2n) is 7.39. The van der Waals surface area contributed by atoms with Gasteiger partial charge in [0.15, 0.2) is 0 Å². The average molecular weight is 435 g/mol. The van der Waals surface area contributed by atoms with Gasteiger partial charge in [0.2, 0.25) is 0 Å². The third-order valence-electron chi connectivity index (χ3n) is 4.81. The van der Waals surface area contributed by atoms with Gasteiger partial charge >= 0.3 is 0 Å². The number of nitrogens with two attached hydrogens (primary N) is 1. The van der Waals surface area contributed by atoms with Gasteiger partial charge in [0.1, 0.15) is 12.4 Å². The predicted octanol–water partition coefficient (Wildman–Crippen LogP) is 4.96. The molecular weight excluding hydrogens is 404 g/mol. The van der Waals surface area contributed by atoms with Crippen LogP contribution in [0.5, 0.6) is 0 Å². The molecule has 0 saturated heterocycles. The van der Waals surface area contributed by atoms with E-state index < -0.39 is 6.10 Å². The Kier molecular flexibility index (Phi) is 9.24. The van der Waals surface area contributed by atoms with Crippen LogP contribution in [0.15, 0.2) is 77.5 Å². The second-order valence-corrected chi connectivity index (χ2v) is 9.12. The number of aliphatic hydroxyl groups is 1. The van der Waals surface area contributed by atoms with Crippen molar-refractivity contribution < 1.29 is 9.84 Å². The van der Waals surface area contributed by atoms with E-state index in [1.54, 1.807) is 0 Å². The number of hydrogen-bond donors (Lipinski definition) is 2. The molecule has 1 aliphatic rings. The quantitative estimate of drug-likeness (QED) is 0.548.